The molecule has 1 amide bonds. The summed E-state index contributed by atoms with van der Waals surface area (Å²) in [5.74, 6) is 0.747. The van der Waals surface area contributed by atoms with Gasteiger partial charge in [0.25, 0.3) is 0 Å². The number of piperidine rings is 1. The van der Waals surface area contributed by atoms with Crippen molar-refractivity contribution in [1.82, 2.24) is 15.1 Å². The Balaban J connectivity index is 0.948. The van der Waals surface area contributed by atoms with Crippen LogP contribution in [0.3, 0.4) is 0 Å². The zero-order chi connectivity index (χ0) is 34.0. The molecule has 3 saturated heterocycles. The van der Waals surface area contributed by atoms with Gasteiger partial charge in [0.2, 0.25) is 0 Å². The molecular weight excluding hydrogens is 647 g/mol. The highest BCUT2D eigenvalue weighted by atomic mass is 32.2. The Morgan fingerprint density at radius 3 is 2.27 bits per heavy atom. The number of methoxy groups -OCH3 is 1. The number of nitrogens with one attached hydrogen (secondary N) is 1. The summed E-state index contributed by atoms with van der Waals surface area (Å²) < 4.78 is 61.9. The number of rotatable bonds is 11. The number of halogens is 2. The number of carbonyl (C=O) groups excluding carboxylic acids is 1. The van der Waals surface area contributed by atoms with Gasteiger partial charge < -0.3 is 19.9 Å². The van der Waals surface area contributed by atoms with E-state index in [9.17, 15) is 17.6 Å². The number of amides is 1. The number of nitrogens with zero attached hydrogens (tertiary/aromatic N) is 3. The lowest BCUT2D eigenvalue weighted by molar-refractivity contribution is 0.00584. The topological polar surface area (TPSA) is 82.2 Å². The van der Waals surface area contributed by atoms with Crippen LogP contribution in [0.5, 0.6) is 0 Å². The molecule has 2 aromatic rings. The van der Waals surface area contributed by atoms with E-state index in [1.165, 1.54) is 13.2 Å². The van der Waals surface area contributed by atoms with E-state index in [-0.39, 0.29) is 42.2 Å². The van der Waals surface area contributed by atoms with Gasteiger partial charge in [-0.05, 0) is 137 Å². The maximum atomic E-state index is 16.1. The standard InChI is InChI=1S/C38H50F2N4O4S/c1-48-35(45)41-34-8-3-7-33(34)38(26-42-15-4-16-42,29-5-2-6-30(39)19-29)28-13-17-43(18-14-28)23-36(40)24-44(25-36)31-9-11-32(12-10-31)49(46,47)37-20-27(21-37)22-37/h2,5-6,9-12,19,27-28,33-34H,3-4,7-8,13-18,20-26H2,1H3,(H,41,45)/t27?,33-,34-,37?,38-/m0/s1. The molecule has 7 aliphatic rings. The summed E-state index contributed by atoms with van der Waals surface area (Å²) in [4.78, 5) is 19.6. The molecule has 2 aromatic carbocycles. The molecule has 4 saturated carbocycles. The molecule has 9 rings (SSSR count). The highest BCUT2D eigenvalue weighted by Crippen LogP contribution is 2.63. The van der Waals surface area contributed by atoms with Gasteiger partial charge in [0.05, 0.1) is 29.8 Å². The Morgan fingerprint density at radius 2 is 1.67 bits per heavy atom. The molecular formula is C38H50F2N4O4S. The summed E-state index contributed by atoms with van der Waals surface area (Å²) in [5.41, 5.74) is 0.194. The molecule has 266 valence electrons. The predicted octanol–water partition coefficient (Wildman–Crippen LogP) is 5.56. The van der Waals surface area contributed by atoms with Gasteiger partial charge in [-0.2, -0.15) is 0 Å². The van der Waals surface area contributed by atoms with Gasteiger partial charge in [-0.15, -0.1) is 0 Å². The number of anilines is 1. The van der Waals surface area contributed by atoms with Crippen LogP contribution in [0.1, 0.15) is 63.4 Å². The van der Waals surface area contributed by atoms with E-state index in [0.717, 1.165) is 102 Å². The van der Waals surface area contributed by atoms with Crippen LogP contribution in [0.15, 0.2) is 53.4 Å². The molecule has 0 spiro atoms. The van der Waals surface area contributed by atoms with Gasteiger partial charge in [0, 0.05) is 30.2 Å². The highest BCUT2D eigenvalue weighted by molar-refractivity contribution is 7.93. The normalized spacial score (nSPS) is 31.1. The summed E-state index contributed by atoms with van der Waals surface area (Å²) in [6.07, 6.45) is 7.70. The maximum absolute atomic E-state index is 16.1. The van der Waals surface area contributed by atoms with Gasteiger partial charge in [-0.3, -0.25) is 4.90 Å². The molecule has 0 aromatic heterocycles. The minimum atomic E-state index is -3.31. The molecule has 3 aliphatic heterocycles. The van der Waals surface area contributed by atoms with E-state index in [2.05, 4.69) is 21.2 Å². The molecule has 49 heavy (non-hydrogen) atoms. The number of benzene rings is 2. The predicted molar refractivity (Wildman–Crippen MR) is 185 cm³/mol. The molecule has 0 unspecified atom stereocenters. The lowest BCUT2D eigenvalue weighted by atomic mass is 9.55. The van der Waals surface area contributed by atoms with E-state index >= 15 is 4.39 Å². The SMILES string of the molecule is COC(=O)N[C@H]1CCC[C@@H]1[C@](CN1CCC1)(c1cccc(F)c1)C1CCN(CC2(F)CN(c3ccc(S(=O)(=O)C45CC(C4)C5)cc3)C2)CC1. The van der Waals surface area contributed by atoms with Gasteiger partial charge >= 0.3 is 6.09 Å². The van der Waals surface area contributed by atoms with E-state index in [0.29, 0.717) is 17.4 Å². The van der Waals surface area contributed by atoms with Gasteiger partial charge in [-0.1, -0.05) is 18.6 Å². The number of alkyl halides is 1. The van der Waals surface area contributed by atoms with E-state index in [1.54, 1.807) is 18.2 Å². The first-order valence-corrected chi connectivity index (χ1v) is 19.8. The van der Waals surface area contributed by atoms with Crippen LogP contribution in [0.4, 0.5) is 19.3 Å². The third-order valence-corrected chi connectivity index (χ3v) is 15.8. The minimum Gasteiger partial charge on any atom is -0.453 e. The van der Waals surface area contributed by atoms with Gasteiger partial charge in [0.15, 0.2) is 15.5 Å². The van der Waals surface area contributed by atoms with Crippen LogP contribution in [0.25, 0.3) is 0 Å². The Kier molecular flexibility index (Phi) is 8.50. The first kappa shape index (κ1) is 33.4. The third kappa shape index (κ3) is 5.75. The average Bonchev–Trinajstić information content (AvgIpc) is 3.46. The number of sulfone groups is 1. The molecule has 8 nitrogen and oxygen atoms in total. The number of hydrogen-bond donors (Lipinski definition) is 1. The fraction of sp³-hybridized carbons (Fsp3) is 0.658. The second kappa shape index (κ2) is 12.5. The van der Waals surface area contributed by atoms with Crippen molar-refractivity contribution < 1.29 is 26.7 Å². The molecule has 3 atom stereocenters. The number of likely N-dealkylation sites (tertiary alicyclic amines) is 2. The third-order valence-electron chi connectivity index (χ3n) is 13.3. The maximum Gasteiger partial charge on any atom is 0.407 e. The Hall–Kier alpha value is -2.76. The molecule has 1 N–H and O–H groups in total. The van der Waals surface area contributed by atoms with Crippen LogP contribution in [0, 0.1) is 23.6 Å². The van der Waals surface area contributed by atoms with Crippen LogP contribution in [0.2, 0.25) is 0 Å². The average molecular weight is 697 g/mol. The zero-order valence-electron chi connectivity index (χ0n) is 28.6. The fourth-order valence-electron chi connectivity index (χ4n) is 10.5. The Labute approximate surface area is 289 Å². The lowest BCUT2D eigenvalue weighted by Gasteiger charge is -2.60. The van der Waals surface area contributed by atoms with Crippen molar-refractivity contribution in [1.29, 1.82) is 0 Å². The summed E-state index contributed by atoms with van der Waals surface area (Å²) >= 11 is 0. The molecule has 0 radical (unpaired) electrons. The van der Waals surface area contributed by atoms with Crippen molar-refractivity contribution in [3.8, 4) is 0 Å². The van der Waals surface area contributed by atoms with Crippen molar-refractivity contribution in [2.75, 3.05) is 64.4 Å². The molecule has 11 heteroatoms. The summed E-state index contributed by atoms with van der Waals surface area (Å²) in [7, 11) is -1.91. The smallest absolute Gasteiger partial charge is 0.407 e. The quantitative estimate of drug-likeness (QED) is 0.330. The van der Waals surface area contributed by atoms with Crippen LogP contribution < -0.4 is 10.2 Å². The first-order chi connectivity index (χ1) is 23.5. The Bertz CT molecular complexity index is 1640. The summed E-state index contributed by atoms with van der Waals surface area (Å²) in [5, 5.41) is 3.15. The van der Waals surface area contributed by atoms with Gasteiger partial charge in [0.1, 0.15) is 5.82 Å². The largest absolute Gasteiger partial charge is 0.453 e. The zero-order valence-corrected chi connectivity index (χ0v) is 29.4. The number of carbonyl (C=O) groups is 1. The minimum absolute atomic E-state index is 0.0530. The van der Waals surface area contributed by atoms with Crippen molar-refractivity contribution in [2.45, 2.75) is 84.6 Å². The van der Waals surface area contributed by atoms with Crippen LogP contribution >= 0.6 is 0 Å². The first-order valence-electron chi connectivity index (χ1n) is 18.4. The van der Waals surface area contributed by atoms with Crippen molar-refractivity contribution in [3.05, 3.63) is 59.9 Å². The van der Waals surface area contributed by atoms with Crippen molar-refractivity contribution in [2.24, 2.45) is 17.8 Å². The number of alkyl carbamates (subject to hydrolysis) is 1. The van der Waals surface area contributed by atoms with Crippen molar-refractivity contribution in [3.63, 3.8) is 0 Å². The molecule has 2 bridgehead atoms. The van der Waals surface area contributed by atoms with Crippen molar-refractivity contribution >= 4 is 21.6 Å². The van der Waals surface area contributed by atoms with E-state index in [4.69, 9.17) is 4.74 Å². The summed E-state index contributed by atoms with van der Waals surface area (Å²) in [6.45, 7) is 5.35. The summed E-state index contributed by atoms with van der Waals surface area (Å²) in [6, 6.07) is 14.1. The highest BCUT2D eigenvalue weighted by Gasteiger charge is 2.65. The molecule has 7 fully saturated rings. The second-order valence-electron chi connectivity index (χ2n) is 16.2. The second-order valence-corrected chi connectivity index (χ2v) is 18.5. The van der Waals surface area contributed by atoms with Gasteiger partial charge in [-0.25, -0.2) is 22.0 Å². The lowest BCUT2D eigenvalue weighted by Crippen LogP contribution is -2.65. The monoisotopic (exact) mass is 696 g/mol. The van der Waals surface area contributed by atoms with Crippen LogP contribution in [-0.2, 0) is 20.0 Å². The Morgan fingerprint density at radius 1 is 0.959 bits per heavy atom. The van der Waals surface area contributed by atoms with E-state index < -0.39 is 26.3 Å². The van der Waals surface area contributed by atoms with Crippen LogP contribution in [-0.4, -0.2) is 100 Å². The number of hydrogen-bond acceptors (Lipinski definition) is 7. The fourth-order valence-corrected chi connectivity index (χ4v) is 12.8. The molecule has 3 heterocycles. The molecule has 4 aliphatic carbocycles. The number of ether oxygens (including phenoxy) is 1. The van der Waals surface area contributed by atoms with E-state index in [1.807, 2.05) is 23.1 Å².